The second-order valence-electron chi connectivity index (χ2n) is 14.9. The molecule has 2 aromatic heterocycles. The van der Waals surface area contributed by atoms with Gasteiger partial charge in [0.05, 0.1) is 34.5 Å². The van der Waals surface area contributed by atoms with E-state index in [9.17, 15) is 9.59 Å². The standard InChI is InChI=1S/C47H45N6O3PS/c48-44-47(55)53(36-22-23-42-40(32-36)52(29-30-56-42)35-14-5-1-6-15-35)41-33-43(58-46(41)50-44)45(54)49-34-24-27-51(28-25-34)26-13-31-57(37-16-7-2-8-17-37,38-18-9-3-10-19-38)39-20-11-4-12-21-39/h1-12,14-23,32-34H,13,24-31H2,(H2-,48,49,50,54)/p+1. The number of nitrogens with zero attached hydrogens (tertiary/aromatic N) is 4. The van der Waals surface area contributed by atoms with Crippen LogP contribution in [0.1, 0.15) is 28.9 Å². The van der Waals surface area contributed by atoms with Gasteiger partial charge in [-0.2, -0.15) is 0 Å². The second kappa shape index (κ2) is 16.6. The van der Waals surface area contributed by atoms with Crippen LogP contribution in [0.25, 0.3) is 16.0 Å². The average Bonchev–Trinajstić information content (AvgIpc) is 3.70. The number of carbonyl (C=O) groups excluding carboxylic acids is 1. The van der Waals surface area contributed by atoms with Gasteiger partial charge >= 0.3 is 0 Å². The van der Waals surface area contributed by atoms with Crippen LogP contribution in [-0.2, 0) is 0 Å². The number of hydrogen-bond acceptors (Lipinski definition) is 8. The van der Waals surface area contributed by atoms with Gasteiger partial charge in [0.1, 0.15) is 40.4 Å². The Bertz CT molecular complexity index is 2480. The van der Waals surface area contributed by atoms with E-state index in [-0.39, 0.29) is 17.8 Å². The number of carbonyl (C=O) groups is 1. The Morgan fingerprint density at radius 1 is 0.776 bits per heavy atom. The smallest absolute Gasteiger partial charge is 0.298 e. The summed E-state index contributed by atoms with van der Waals surface area (Å²) < 4.78 is 7.55. The number of para-hydroxylation sites is 1. The Labute approximate surface area is 343 Å². The molecule has 292 valence electrons. The molecule has 0 unspecified atom stereocenters. The molecule has 0 saturated carbocycles. The fraction of sp³-hybridized carbons (Fsp3) is 0.213. The Morgan fingerprint density at radius 2 is 1.38 bits per heavy atom. The summed E-state index contributed by atoms with van der Waals surface area (Å²) in [6.07, 6.45) is 3.91. The van der Waals surface area contributed by atoms with Crippen molar-refractivity contribution < 1.29 is 9.53 Å². The molecule has 1 fully saturated rings. The molecule has 2 aliphatic heterocycles. The van der Waals surface area contributed by atoms with E-state index in [1.54, 1.807) is 10.6 Å². The van der Waals surface area contributed by atoms with Crippen molar-refractivity contribution in [1.29, 1.82) is 0 Å². The first kappa shape index (κ1) is 37.8. The third kappa shape index (κ3) is 7.39. The molecule has 2 aliphatic rings. The molecule has 0 atom stereocenters. The van der Waals surface area contributed by atoms with Crippen LogP contribution in [0.5, 0.6) is 5.75 Å². The van der Waals surface area contributed by atoms with Gasteiger partial charge in [-0.05, 0) is 92.1 Å². The second-order valence-corrected chi connectivity index (χ2v) is 19.6. The number of aromatic nitrogens is 2. The predicted octanol–water partition coefficient (Wildman–Crippen LogP) is 7.14. The minimum Gasteiger partial charge on any atom is -0.490 e. The Kier molecular flexibility index (Phi) is 10.8. The molecule has 0 aliphatic carbocycles. The van der Waals surface area contributed by atoms with Gasteiger partial charge in [0, 0.05) is 31.4 Å². The highest BCUT2D eigenvalue weighted by molar-refractivity contribution is 7.95. The fourth-order valence-corrected chi connectivity index (χ4v) is 13.8. The highest BCUT2D eigenvalue weighted by Gasteiger charge is 2.44. The molecule has 3 N–H and O–H groups in total. The van der Waals surface area contributed by atoms with Crippen molar-refractivity contribution in [3.8, 4) is 11.4 Å². The van der Waals surface area contributed by atoms with E-state index in [0.29, 0.717) is 34.1 Å². The summed E-state index contributed by atoms with van der Waals surface area (Å²) in [6, 6.07) is 50.8. The van der Waals surface area contributed by atoms with Crippen LogP contribution in [0.3, 0.4) is 0 Å². The lowest BCUT2D eigenvalue weighted by Gasteiger charge is -2.33. The van der Waals surface area contributed by atoms with Crippen molar-refractivity contribution in [1.82, 2.24) is 19.8 Å². The van der Waals surface area contributed by atoms with Gasteiger partial charge in [-0.25, -0.2) is 4.98 Å². The molecule has 7 aromatic rings. The summed E-state index contributed by atoms with van der Waals surface area (Å²) in [5.41, 5.74) is 8.84. The number of fused-ring (bicyclic) bond motifs is 2. The quantitative estimate of drug-likeness (QED) is 0.134. The number of rotatable bonds is 11. The number of likely N-dealkylation sites (tertiary alicyclic amines) is 1. The molecular weight excluding hydrogens is 760 g/mol. The fourth-order valence-electron chi connectivity index (χ4n) is 8.55. The summed E-state index contributed by atoms with van der Waals surface area (Å²) >= 11 is 1.25. The van der Waals surface area contributed by atoms with E-state index >= 15 is 0 Å². The maximum atomic E-state index is 13.8. The van der Waals surface area contributed by atoms with Crippen LogP contribution in [0, 0.1) is 0 Å². The predicted molar refractivity (Wildman–Crippen MR) is 240 cm³/mol. The molecule has 0 bridgehead atoms. The largest absolute Gasteiger partial charge is 0.490 e. The number of piperidine rings is 1. The Hall–Kier alpha value is -5.80. The number of benzene rings is 5. The third-order valence-corrected chi connectivity index (χ3v) is 17.0. The van der Waals surface area contributed by atoms with Crippen molar-refractivity contribution >= 4 is 68.0 Å². The number of nitrogens with one attached hydrogen (secondary N) is 1. The molecule has 9 rings (SSSR count). The van der Waals surface area contributed by atoms with Crippen molar-refractivity contribution in [3.63, 3.8) is 0 Å². The number of anilines is 3. The molecule has 1 amide bonds. The molecule has 0 radical (unpaired) electrons. The number of nitrogen functional groups attached to an aromatic ring is 1. The number of amides is 1. The normalized spacial score (nSPS) is 14.9. The first-order valence-electron chi connectivity index (χ1n) is 20.0. The minimum atomic E-state index is -1.87. The SMILES string of the molecule is Nc1nc2sc(C(=O)NC3CCN(CCC[P+](c4ccccc4)(c4ccccc4)c4ccccc4)CC3)cc2n(-c2ccc3c(c2)N(c2ccccc2)CCO3)c1=O. The zero-order chi connectivity index (χ0) is 39.5. The first-order valence-corrected chi connectivity index (χ1v) is 22.8. The Morgan fingerprint density at radius 3 is 2.00 bits per heavy atom. The molecule has 58 heavy (non-hydrogen) atoms. The maximum Gasteiger partial charge on any atom is 0.298 e. The molecular formula is C47H46N6O3PS+. The van der Waals surface area contributed by atoms with Gasteiger partial charge in [-0.3, -0.25) is 14.2 Å². The maximum absolute atomic E-state index is 13.8. The zero-order valence-electron chi connectivity index (χ0n) is 32.2. The zero-order valence-corrected chi connectivity index (χ0v) is 34.0. The van der Waals surface area contributed by atoms with Gasteiger partial charge in [-0.15, -0.1) is 11.3 Å². The lowest BCUT2D eigenvalue weighted by atomic mass is 10.0. The minimum absolute atomic E-state index is 0.0587. The molecule has 5 aromatic carbocycles. The molecule has 11 heteroatoms. The van der Waals surface area contributed by atoms with Gasteiger partial charge in [-0.1, -0.05) is 72.8 Å². The van der Waals surface area contributed by atoms with Gasteiger partial charge in [0.15, 0.2) is 5.82 Å². The topological polar surface area (TPSA) is 106 Å². The van der Waals surface area contributed by atoms with E-state index < -0.39 is 12.8 Å². The van der Waals surface area contributed by atoms with Gasteiger partial charge in [0.2, 0.25) is 0 Å². The lowest BCUT2D eigenvalue weighted by Crippen LogP contribution is -2.45. The summed E-state index contributed by atoms with van der Waals surface area (Å²) in [7, 11) is -1.87. The highest BCUT2D eigenvalue weighted by Crippen LogP contribution is 2.55. The monoisotopic (exact) mass is 805 g/mol. The van der Waals surface area contributed by atoms with Crippen molar-refractivity contribution in [3.05, 3.63) is 161 Å². The highest BCUT2D eigenvalue weighted by atomic mass is 32.1. The van der Waals surface area contributed by atoms with Crippen LogP contribution >= 0.6 is 18.6 Å². The van der Waals surface area contributed by atoms with Crippen molar-refractivity contribution in [2.45, 2.75) is 25.3 Å². The summed E-state index contributed by atoms with van der Waals surface area (Å²) in [6.45, 7) is 4.07. The molecule has 1 saturated heterocycles. The summed E-state index contributed by atoms with van der Waals surface area (Å²) in [4.78, 5) is 37.6. The Balaban J connectivity index is 0.884. The molecule has 0 spiro atoms. The lowest BCUT2D eigenvalue weighted by molar-refractivity contribution is 0.0915. The van der Waals surface area contributed by atoms with Crippen LogP contribution in [-0.4, -0.2) is 65.3 Å². The van der Waals surface area contributed by atoms with E-state index in [0.717, 1.165) is 62.2 Å². The van der Waals surface area contributed by atoms with Crippen LogP contribution in [0.4, 0.5) is 17.2 Å². The number of nitrogens with two attached hydrogens (primary N) is 1. The van der Waals surface area contributed by atoms with Crippen molar-refractivity contribution in [2.75, 3.05) is 49.6 Å². The number of thiophene rings is 1. The summed E-state index contributed by atoms with van der Waals surface area (Å²) in [5, 5.41) is 7.54. The summed E-state index contributed by atoms with van der Waals surface area (Å²) in [5.74, 6) is 0.470. The number of hydrogen-bond donors (Lipinski definition) is 2. The third-order valence-electron chi connectivity index (χ3n) is 11.4. The van der Waals surface area contributed by atoms with Gasteiger partial charge in [0.25, 0.3) is 11.5 Å². The van der Waals surface area contributed by atoms with Crippen LogP contribution in [0.2, 0.25) is 0 Å². The molecule has 9 nitrogen and oxygen atoms in total. The van der Waals surface area contributed by atoms with Crippen molar-refractivity contribution in [2.24, 2.45) is 0 Å². The van der Waals surface area contributed by atoms with Gasteiger partial charge < -0.3 is 25.6 Å². The van der Waals surface area contributed by atoms with Crippen LogP contribution < -0.4 is 42.2 Å². The van der Waals surface area contributed by atoms with E-state index in [1.165, 1.54) is 27.3 Å². The average molecular weight is 806 g/mol. The first-order chi connectivity index (χ1) is 28.5. The van der Waals surface area contributed by atoms with E-state index in [2.05, 4.69) is 123 Å². The molecule has 4 heterocycles. The van der Waals surface area contributed by atoms with E-state index in [4.69, 9.17) is 10.5 Å². The van der Waals surface area contributed by atoms with Crippen LogP contribution in [0.15, 0.2) is 150 Å². The van der Waals surface area contributed by atoms with E-state index in [1.807, 2.05) is 36.4 Å². The number of ether oxygens (including phenoxy) is 1.